The van der Waals surface area contributed by atoms with Crippen LogP contribution in [-0.2, 0) is 18.0 Å². The fourth-order valence-corrected chi connectivity index (χ4v) is 11.1. The average molecular weight is 659 g/mol. The Morgan fingerprint density at radius 3 is 1.56 bits per heavy atom. The van der Waals surface area contributed by atoms with Gasteiger partial charge in [0.1, 0.15) is 0 Å². The number of hydrogen-bond acceptors (Lipinski definition) is 4. The highest BCUT2D eigenvalue weighted by atomic mass is 31.1. The normalized spacial score (nSPS) is 14.8. The molecular formula is C39H67O4PSi. The van der Waals surface area contributed by atoms with Crippen LogP contribution in [0.25, 0.3) is 0 Å². The molecule has 6 heteroatoms. The van der Waals surface area contributed by atoms with Crippen LogP contribution in [0.1, 0.15) is 131 Å². The van der Waals surface area contributed by atoms with Crippen molar-refractivity contribution in [3.8, 4) is 0 Å². The van der Waals surface area contributed by atoms with Gasteiger partial charge >= 0.3 is 8.80 Å². The third-order valence-corrected chi connectivity index (χ3v) is 15.3. The second-order valence-electron chi connectivity index (χ2n) is 13.3. The molecule has 0 saturated heterocycles. The summed E-state index contributed by atoms with van der Waals surface area (Å²) < 4.78 is 25.8. The maximum atomic E-state index is 6.90. The zero-order chi connectivity index (χ0) is 32.9. The molecule has 0 aliphatic carbocycles. The highest BCUT2D eigenvalue weighted by Gasteiger charge is 2.45. The minimum atomic E-state index is -2.86. The van der Waals surface area contributed by atoms with Crippen molar-refractivity contribution in [3.63, 3.8) is 0 Å². The number of unbranched alkanes of at least 4 members (excludes halogenated alkanes) is 9. The van der Waals surface area contributed by atoms with Crippen LogP contribution < -0.4 is 10.6 Å². The Bertz CT molecular complexity index is 950. The maximum Gasteiger partial charge on any atom is 0.500 e. The molecule has 0 heterocycles. The zero-order valence-electron chi connectivity index (χ0n) is 30.1. The van der Waals surface area contributed by atoms with Crippen molar-refractivity contribution in [3.05, 3.63) is 60.7 Å². The quantitative estimate of drug-likeness (QED) is 0.0544. The average Bonchev–Trinajstić information content (AvgIpc) is 3.08. The van der Waals surface area contributed by atoms with Crippen LogP contribution in [0.5, 0.6) is 0 Å². The number of benzene rings is 2. The molecule has 0 amide bonds. The van der Waals surface area contributed by atoms with Gasteiger partial charge in [-0.15, -0.1) is 0 Å². The largest absolute Gasteiger partial charge is 0.500 e. The molecule has 4 nitrogen and oxygen atoms in total. The number of rotatable bonds is 27. The summed E-state index contributed by atoms with van der Waals surface area (Å²) in [5, 5.41) is 2.82. The fraction of sp³-hybridized carbons (Fsp3) is 0.692. The second-order valence-corrected chi connectivity index (χ2v) is 18.5. The maximum absolute atomic E-state index is 6.90. The molecule has 2 atom stereocenters. The van der Waals surface area contributed by atoms with Gasteiger partial charge in [0.05, 0.1) is 11.2 Å². The summed E-state index contributed by atoms with van der Waals surface area (Å²) in [4.78, 5) is 0. The van der Waals surface area contributed by atoms with E-state index in [4.69, 9.17) is 18.0 Å². The van der Waals surface area contributed by atoms with Gasteiger partial charge in [-0.25, -0.2) is 0 Å². The lowest BCUT2D eigenvalue weighted by Crippen LogP contribution is -2.51. The molecule has 0 bridgehead atoms. The van der Waals surface area contributed by atoms with Crippen LogP contribution >= 0.6 is 7.92 Å². The summed E-state index contributed by atoms with van der Waals surface area (Å²) in [7, 11) is 0.210. The van der Waals surface area contributed by atoms with E-state index in [1.165, 1.54) is 74.8 Å². The van der Waals surface area contributed by atoms with Gasteiger partial charge in [-0.1, -0.05) is 146 Å². The van der Waals surface area contributed by atoms with E-state index in [1.54, 1.807) is 14.2 Å². The van der Waals surface area contributed by atoms with Gasteiger partial charge in [-0.2, -0.15) is 0 Å². The minimum absolute atomic E-state index is 0.0715. The van der Waals surface area contributed by atoms with E-state index in [2.05, 4.69) is 95.3 Å². The number of hydrogen-bond donors (Lipinski definition) is 0. The topological polar surface area (TPSA) is 36.9 Å². The first kappa shape index (κ1) is 40.1. The molecule has 2 aromatic rings. The van der Waals surface area contributed by atoms with Crippen LogP contribution in [0.3, 0.4) is 0 Å². The van der Waals surface area contributed by atoms with E-state index >= 15 is 0 Å². The predicted octanol–water partition coefficient (Wildman–Crippen LogP) is 10.8. The van der Waals surface area contributed by atoms with E-state index in [9.17, 15) is 0 Å². The van der Waals surface area contributed by atoms with Crippen molar-refractivity contribution in [2.24, 2.45) is 0 Å². The van der Waals surface area contributed by atoms with E-state index < -0.39 is 16.7 Å². The van der Waals surface area contributed by atoms with Crippen molar-refractivity contribution in [2.45, 2.75) is 148 Å². The Morgan fingerprint density at radius 2 is 1.09 bits per heavy atom. The molecule has 2 unspecified atom stereocenters. The molecule has 0 fully saturated rings. The Morgan fingerprint density at radius 1 is 0.600 bits per heavy atom. The molecule has 0 aliphatic rings. The standard InChI is InChI=1S/C39H67O4PSi/c1-8-11-12-13-14-15-16-17-18-25-31-38(4,9-2)42-33-32-39(5,10-3)43-45(40-6,41-7)35-26-34-44(36-27-21-19-22-28-36)37-29-23-20-24-30-37/h19-24,27-30H,8-18,25-26,31-35H2,1-7H3. The SMILES string of the molecule is CCCCCCCCCCCCC(C)(CC)OCCC(C)(CC)O[Si](CCCP(c1ccccc1)c1ccccc1)(OC)OC. The molecule has 0 aliphatic heterocycles. The Hall–Kier alpha value is -1.07. The molecular weight excluding hydrogens is 591 g/mol. The Balaban J connectivity index is 1.86. The third kappa shape index (κ3) is 15.1. The molecule has 45 heavy (non-hydrogen) atoms. The Labute approximate surface area is 280 Å². The first-order valence-corrected chi connectivity index (χ1v) is 21.6. The van der Waals surface area contributed by atoms with Crippen LogP contribution in [0, 0.1) is 0 Å². The van der Waals surface area contributed by atoms with Crippen molar-refractivity contribution in [1.82, 2.24) is 0 Å². The van der Waals surface area contributed by atoms with Crippen molar-refractivity contribution in [1.29, 1.82) is 0 Å². The van der Waals surface area contributed by atoms with Gasteiger partial charge in [0.2, 0.25) is 0 Å². The molecule has 0 aromatic heterocycles. The molecule has 2 aromatic carbocycles. The molecule has 256 valence electrons. The van der Waals surface area contributed by atoms with Crippen LogP contribution in [0.15, 0.2) is 60.7 Å². The lowest BCUT2D eigenvalue weighted by atomic mass is 9.94. The highest BCUT2D eigenvalue weighted by Crippen LogP contribution is 2.37. The summed E-state index contributed by atoms with van der Waals surface area (Å²) in [6, 6.07) is 22.7. The molecule has 0 spiro atoms. The number of ether oxygens (including phenoxy) is 1. The van der Waals surface area contributed by atoms with E-state index in [-0.39, 0.29) is 11.2 Å². The molecule has 0 saturated carbocycles. The van der Waals surface area contributed by atoms with Gasteiger partial charge in [-0.3, -0.25) is 0 Å². The van der Waals surface area contributed by atoms with E-state index in [0.717, 1.165) is 44.3 Å². The zero-order valence-corrected chi connectivity index (χ0v) is 32.0. The lowest BCUT2D eigenvalue weighted by Gasteiger charge is -2.39. The van der Waals surface area contributed by atoms with Crippen LogP contribution in [-0.4, -0.2) is 47.0 Å². The van der Waals surface area contributed by atoms with Gasteiger partial charge in [-0.05, 0) is 70.6 Å². The summed E-state index contributed by atoms with van der Waals surface area (Å²) in [5.41, 5.74) is -0.425. The Kier molecular flexibility index (Phi) is 20.0. The van der Waals surface area contributed by atoms with Gasteiger partial charge < -0.3 is 18.0 Å². The summed E-state index contributed by atoms with van der Waals surface area (Å²) in [5.74, 6) is 0. The predicted molar refractivity (Wildman–Crippen MR) is 199 cm³/mol. The smallest absolute Gasteiger partial charge is 0.377 e. The molecule has 2 rings (SSSR count). The first-order chi connectivity index (χ1) is 21.8. The minimum Gasteiger partial charge on any atom is -0.377 e. The second kappa shape index (κ2) is 22.5. The van der Waals surface area contributed by atoms with Gasteiger partial charge in [0.15, 0.2) is 0 Å². The first-order valence-electron chi connectivity index (χ1n) is 18.1. The third-order valence-electron chi connectivity index (χ3n) is 9.66. The van der Waals surface area contributed by atoms with Crippen LogP contribution in [0.2, 0.25) is 6.04 Å². The summed E-state index contributed by atoms with van der Waals surface area (Å²) >= 11 is 0. The van der Waals surface area contributed by atoms with Crippen molar-refractivity contribution in [2.75, 3.05) is 27.0 Å². The van der Waals surface area contributed by atoms with Crippen molar-refractivity contribution >= 4 is 27.3 Å². The van der Waals surface area contributed by atoms with Crippen molar-refractivity contribution < 1.29 is 18.0 Å². The summed E-state index contributed by atoms with van der Waals surface area (Å²) in [6.45, 7) is 12.0. The van der Waals surface area contributed by atoms with E-state index in [1.807, 2.05) is 0 Å². The molecule has 0 radical (unpaired) electrons. The highest BCUT2D eigenvalue weighted by molar-refractivity contribution is 7.73. The monoisotopic (exact) mass is 658 g/mol. The molecule has 0 N–H and O–H groups in total. The van der Waals surface area contributed by atoms with Gasteiger partial charge in [0.25, 0.3) is 0 Å². The fourth-order valence-electron chi connectivity index (χ4n) is 6.02. The van der Waals surface area contributed by atoms with E-state index in [0.29, 0.717) is 6.61 Å². The van der Waals surface area contributed by atoms with Crippen LogP contribution in [0.4, 0.5) is 0 Å². The van der Waals surface area contributed by atoms with Gasteiger partial charge in [0, 0.05) is 26.9 Å². The summed E-state index contributed by atoms with van der Waals surface area (Å²) in [6.07, 6.45) is 19.6. The lowest BCUT2D eigenvalue weighted by molar-refractivity contribution is -0.0765.